The maximum Gasteiger partial charge on any atom is 0.231 e. The van der Waals surface area contributed by atoms with E-state index in [1.165, 1.54) is 12.8 Å². The van der Waals surface area contributed by atoms with Gasteiger partial charge in [-0.3, -0.25) is 4.79 Å². The topological polar surface area (TPSA) is 44.8 Å². The van der Waals surface area contributed by atoms with E-state index >= 15 is 0 Å². The van der Waals surface area contributed by atoms with Gasteiger partial charge in [-0.05, 0) is 18.4 Å². The fraction of sp³-hybridized carbons (Fsp3) is 0.462. The van der Waals surface area contributed by atoms with Gasteiger partial charge < -0.3 is 14.2 Å². The average molecular weight is 234 g/mol. The van der Waals surface area contributed by atoms with Crippen molar-refractivity contribution in [3.63, 3.8) is 0 Å². The Morgan fingerprint density at radius 1 is 1.29 bits per heavy atom. The Bertz CT molecular complexity index is 437. The lowest BCUT2D eigenvalue weighted by molar-refractivity contribution is 0.111. The summed E-state index contributed by atoms with van der Waals surface area (Å²) in [6, 6.07) is 3.40. The van der Waals surface area contributed by atoms with Gasteiger partial charge in [0.2, 0.25) is 6.79 Å². The summed E-state index contributed by atoms with van der Waals surface area (Å²) in [6.45, 7) is 0.865. The molecule has 1 fully saturated rings. The van der Waals surface area contributed by atoms with Crippen LogP contribution in [0, 0.1) is 5.92 Å². The summed E-state index contributed by atoms with van der Waals surface area (Å²) in [4.78, 5) is 11.0. The molecule has 90 valence electrons. The second-order valence-corrected chi connectivity index (χ2v) is 4.44. The summed E-state index contributed by atoms with van der Waals surface area (Å²) in [5, 5.41) is 0. The molecule has 17 heavy (non-hydrogen) atoms. The van der Waals surface area contributed by atoms with Crippen LogP contribution in [0.2, 0.25) is 0 Å². The Kier molecular flexibility index (Phi) is 2.63. The molecule has 2 aliphatic rings. The summed E-state index contributed by atoms with van der Waals surface area (Å²) < 4.78 is 16.1. The molecule has 0 amide bonds. The SMILES string of the molecule is O=Cc1cc2c(cc1OCCC1CC1)OCO2. The normalized spacial score (nSPS) is 16.9. The van der Waals surface area contributed by atoms with Crippen molar-refractivity contribution < 1.29 is 19.0 Å². The largest absolute Gasteiger partial charge is 0.493 e. The molecular weight excluding hydrogens is 220 g/mol. The molecule has 4 heteroatoms. The Labute approximate surface area is 99.5 Å². The fourth-order valence-corrected chi connectivity index (χ4v) is 1.90. The van der Waals surface area contributed by atoms with Crippen LogP contribution in [0.1, 0.15) is 29.6 Å². The molecule has 0 atom stereocenters. The summed E-state index contributed by atoms with van der Waals surface area (Å²) in [6.07, 6.45) is 4.47. The maximum absolute atomic E-state index is 11.0. The van der Waals surface area contributed by atoms with E-state index in [2.05, 4.69) is 0 Å². The van der Waals surface area contributed by atoms with Gasteiger partial charge in [-0.1, -0.05) is 12.8 Å². The molecule has 0 aromatic heterocycles. The standard InChI is InChI=1S/C13H14O4/c14-7-10-5-12-13(17-8-16-12)6-11(10)15-4-3-9-1-2-9/h5-7,9H,1-4,8H2. The van der Waals surface area contributed by atoms with Crippen molar-refractivity contribution in [2.24, 2.45) is 5.92 Å². The first-order valence-electron chi connectivity index (χ1n) is 5.88. The third kappa shape index (κ3) is 2.20. The molecule has 1 aliphatic carbocycles. The molecule has 0 radical (unpaired) electrons. The molecule has 0 spiro atoms. The highest BCUT2D eigenvalue weighted by atomic mass is 16.7. The Morgan fingerprint density at radius 3 is 2.76 bits per heavy atom. The molecule has 1 aromatic carbocycles. The van der Waals surface area contributed by atoms with Crippen LogP contribution >= 0.6 is 0 Å². The van der Waals surface area contributed by atoms with E-state index in [1.807, 2.05) is 0 Å². The molecule has 1 aliphatic heterocycles. The number of aldehydes is 1. The highest BCUT2D eigenvalue weighted by molar-refractivity contribution is 5.81. The Morgan fingerprint density at radius 2 is 2.06 bits per heavy atom. The van der Waals surface area contributed by atoms with Crippen molar-refractivity contribution in [3.05, 3.63) is 17.7 Å². The monoisotopic (exact) mass is 234 g/mol. The Hall–Kier alpha value is -1.71. The summed E-state index contributed by atoms with van der Waals surface area (Å²) in [5.41, 5.74) is 0.519. The van der Waals surface area contributed by atoms with Crippen molar-refractivity contribution in [1.82, 2.24) is 0 Å². The molecule has 3 rings (SSSR count). The van der Waals surface area contributed by atoms with Gasteiger partial charge in [-0.2, -0.15) is 0 Å². The van der Waals surface area contributed by atoms with E-state index in [0.29, 0.717) is 29.4 Å². The average Bonchev–Trinajstić information content (AvgIpc) is 3.05. The second-order valence-electron chi connectivity index (χ2n) is 4.44. The van der Waals surface area contributed by atoms with Crippen LogP contribution < -0.4 is 14.2 Å². The van der Waals surface area contributed by atoms with Gasteiger partial charge in [0.15, 0.2) is 17.8 Å². The van der Waals surface area contributed by atoms with Crippen LogP contribution in [0.5, 0.6) is 17.2 Å². The number of hydrogen-bond acceptors (Lipinski definition) is 4. The van der Waals surface area contributed by atoms with Crippen molar-refractivity contribution in [2.45, 2.75) is 19.3 Å². The van der Waals surface area contributed by atoms with Gasteiger partial charge in [0.25, 0.3) is 0 Å². The first-order valence-corrected chi connectivity index (χ1v) is 5.88. The molecule has 1 heterocycles. The summed E-state index contributed by atoms with van der Waals surface area (Å²) in [5.74, 6) is 2.67. The second kappa shape index (κ2) is 4.28. The molecule has 0 bridgehead atoms. The van der Waals surface area contributed by atoms with Gasteiger partial charge >= 0.3 is 0 Å². The van der Waals surface area contributed by atoms with E-state index < -0.39 is 0 Å². The first-order chi connectivity index (χ1) is 8.36. The third-order valence-corrected chi connectivity index (χ3v) is 3.11. The van der Waals surface area contributed by atoms with Gasteiger partial charge in [0.05, 0.1) is 12.2 Å². The number of fused-ring (bicyclic) bond motifs is 1. The van der Waals surface area contributed by atoms with Gasteiger partial charge in [0, 0.05) is 6.07 Å². The summed E-state index contributed by atoms with van der Waals surface area (Å²) >= 11 is 0. The van der Waals surface area contributed by atoms with Crippen LogP contribution in [0.3, 0.4) is 0 Å². The van der Waals surface area contributed by atoms with E-state index in [-0.39, 0.29) is 6.79 Å². The third-order valence-electron chi connectivity index (χ3n) is 3.11. The zero-order valence-electron chi connectivity index (χ0n) is 9.48. The van der Waals surface area contributed by atoms with E-state index in [0.717, 1.165) is 18.6 Å². The minimum absolute atomic E-state index is 0.207. The lowest BCUT2D eigenvalue weighted by Crippen LogP contribution is -2.00. The number of hydrogen-bond donors (Lipinski definition) is 0. The molecule has 1 aromatic rings. The minimum Gasteiger partial charge on any atom is -0.493 e. The van der Waals surface area contributed by atoms with Crippen molar-refractivity contribution in [1.29, 1.82) is 0 Å². The van der Waals surface area contributed by atoms with E-state index in [1.54, 1.807) is 12.1 Å². The summed E-state index contributed by atoms with van der Waals surface area (Å²) in [7, 11) is 0. The van der Waals surface area contributed by atoms with Crippen LogP contribution in [-0.4, -0.2) is 19.7 Å². The number of carbonyl (C=O) groups is 1. The van der Waals surface area contributed by atoms with Crippen molar-refractivity contribution in [3.8, 4) is 17.2 Å². The van der Waals surface area contributed by atoms with Crippen LogP contribution in [0.15, 0.2) is 12.1 Å². The smallest absolute Gasteiger partial charge is 0.231 e. The highest BCUT2D eigenvalue weighted by Gasteiger charge is 2.22. The van der Waals surface area contributed by atoms with E-state index in [4.69, 9.17) is 14.2 Å². The van der Waals surface area contributed by atoms with Crippen LogP contribution in [0.4, 0.5) is 0 Å². The molecular formula is C13H14O4. The van der Waals surface area contributed by atoms with Crippen LogP contribution in [-0.2, 0) is 0 Å². The predicted molar refractivity (Wildman–Crippen MR) is 60.8 cm³/mol. The van der Waals surface area contributed by atoms with Crippen molar-refractivity contribution in [2.75, 3.05) is 13.4 Å². The lowest BCUT2D eigenvalue weighted by Gasteiger charge is -2.09. The molecule has 1 saturated carbocycles. The Balaban J connectivity index is 1.74. The quantitative estimate of drug-likeness (QED) is 0.734. The first kappa shape index (κ1) is 10.4. The molecule has 0 N–H and O–H groups in total. The molecule has 0 unspecified atom stereocenters. The van der Waals surface area contributed by atoms with Gasteiger partial charge in [0.1, 0.15) is 5.75 Å². The van der Waals surface area contributed by atoms with Gasteiger partial charge in [-0.25, -0.2) is 0 Å². The lowest BCUT2D eigenvalue weighted by atomic mass is 10.2. The number of benzene rings is 1. The zero-order valence-corrected chi connectivity index (χ0v) is 9.48. The number of ether oxygens (including phenoxy) is 3. The molecule has 0 saturated heterocycles. The number of rotatable bonds is 5. The zero-order chi connectivity index (χ0) is 11.7. The highest BCUT2D eigenvalue weighted by Crippen LogP contribution is 2.38. The molecule has 4 nitrogen and oxygen atoms in total. The number of carbonyl (C=O) groups excluding carboxylic acids is 1. The fourth-order valence-electron chi connectivity index (χ4n) is 1.90. The van der Waals surface area contributed by atoms with Gasteiger partial charge in [-0.15, -0.1) is 0 Å². The predicted octanol–water partition coefficient (Wildman–Crippen LogP) is 2.41. The maximum atomic E-state index is 11.0. The van der Waals surface area contributed by atoms with E-state index in [9.17, 15) is 4.79 Å². The minimum atomic E-state index is 0.207. The van der Waals surface area contributed by atoms with Crippen molar-refractivity contribution >= 4 is 6.29 Å². The van der Waals surface area contributed by atoms with Crippen LogP contribution in [0.25, 0.3) is 0 Å².